The minimum atomic E-state index is -1.28. The SMILES string of the molecule is CCCC(C)(NC(=O)N1CC(O)CC1CN(C)C)C(=O)O. The van der Waals surface area contributed by atoms with Crippen molar-refractivity contribution >= 4 is 12.0 Å². The number of aliphatic carboxylic acids is 1. The first kappa shape index (κ1) is 17.7. The maximum absolute atomic E-state index is 12.4. The highest BCUT2D eigenvalue weighted by Crippen LogP contribution is 2.20. The van der Waals surface area contributed by atoms with E-state index in [1.54, 1.807) is 4.90 Å². The maximum atomic E-state index is 12.4. The number of hydrogen-bond donors (Lipinski definition) is 3. The minimum Gasteiger partial charge on any atom is -0.480 e. The van der Waals surface area contributed by atoms with Crippen molar-refractivity contribution in [2.75, 3.05) is 27.2 Å². The smallest absolute Gasteiger partial charge is 0.329 e. The molecule has 0 spiro atoms. The molecule has 7 heteroatoms. The fourth-order valence-corrected chi connectivity index (χ4v) is 2.77. The van der Waals surface area contributed by atoms with E-state index in [0.29, 0.717) is 25.8 Å². The van der Waals surface area contributed by atoms with Crippen molar-refractivity contribution in [1.82, 2.24) is 15.1 Å². The van der Waals surface area contributed by atoms with E-state index in [-0.39, 0.29) is 12.6 Å². The third-order valence-electron chi connectivity index (χ3n) is 3.83. The van der Waals surface area contributed by atoms with Gasteiger partial charge in [-0.05, 0) is 33.9 Å². The third kappa shape index (κ3) is 4.57. The molecule has 1 fully saturated rings. The number of rotatable bonds is 6. The molecule has 21 heavy (non-hydrogen) atoms. The second kappa shape index (κ2) is 7.09. The Morgan fingerprint density at radius 3 is 2.52 bits per heavy atom. The van der Waals surface area contributed by atoms with Crippen LogP contribution >= 0.6 is 0 Å². The zero-order valence-electron chi connectivity index (χ0n) is 13.3. The first-order chi connectivity index (χ1) is 9.69. The summed E-state index contributed by atoms with van der Waals surface area (Å²) < 4.78 is 0. The summed E-state index contributed by atoms with van der Waals surface area (Å²) in [5.74, 6) is -1.04. The molecule has 0 aromatic rings. The zero-order valence-corrected chi connectivity index (χ0v) is 13.3. The predicted molar refractivity (Wildman–Crippen MR) is 79.2 cm³/mol. The van der Waals surface area contributed by atoms with Crippen LogP contribution in [0.1, 0.15) is 33.1 Å². The van der Waals surface area contributed by atoms with Gasteiger partial charge in [0.2, 0.25) is 0 Å². The molecule has 3 unspecified atom stereocenters. The summed E-state index contributed by atoms with van der Waals surface area (Å²) in [7, 11) is 3.80. The second-order valence-corrected chi connectivity index (χ2v) is 6.28. The Morgan fingerprint density at radius 2 is 2.05 bits per heavy atom. The zero-order chi connectivity index (χ0) is 16.2. The van der Waals surface area contributed by atoms with Gasteiger partial charge in [-0.15, -0.1) is 0 Å². The fraction of sp³-hybridized carbons (Fsp3) is 0.857. The van der Waals surface area contributed by atoms with E-state index in [2.05, 4.69) is 5.32 Å². The normalized spacial score (nSPS) is 25.0. The number of urea groups is 1. The van der Waals surface area contributed by atoms with Crippen LogP contribution in [0.4, 0.5) is 4.79 Å². The molecule has 0 radical (unpaired) electrons. The Hall–Kier alpha value is -1.34. The number of carbonyl (C=O) groups excluding carboxylic acids is 1. The lowest BCUT2D eigenvalue weighted by molar-refractivity contribution is -0.144. The highest BCUT2D eigenvalue weighted by molar-refractivity contribution is 5.86. The number of carboxylic acid groups (broad SMARTS) is 1. The summed E-state index contributed by atoms with van der Waals surface area (Å²) >= 11 is 0. The van der Waals surface area contributed by atoms with Crippen molar-refractivity contribution < 1.29 is 19.8 Å². The Labute approximate surface area is 125 Å². The monoisotopic (exact) mass is 301 g/mol. The average molecular weight is 301 g/mol. The number of aliphatic hydroxyl groups is 1. The van der Waals surface area contributed by atoms with Gasteiger partial charge in [0.15, 0.2) is 0 Å². The van der Waals surface area contributed by atoms with Crippen LogP contribution in [-0.2, 0) is 4.79 Å². The second-order valence-electron chi connectivity index (χ2n) is 6.28. The van der Waals surface area contributed by atoms with Crippen molar-refractivity contribution in [1.29, 1.82) is 0 Å². The molecule has 1 aliphatic rings. The molecule has 0 aliphatic carbocycles. The fourth-order valence-electron chi connectivity index (χ4n) is 2.77. The summed E-state index contributed by atoms with van der Waals surface area (Å²) in [4.78, 5) is 27.3. The Balaban J connectivity index is 2.78. The molecule has 1 saturated heterocycles. The van der Waals surface area contributed by atoms with E-state index in [4.69, 9.17) is 0 Å². The molecule has 7 nitrogen and oxygen atoms in total. The molecular weight excluding hydrogens is 274 g/mol. The van der Waals surface area contributed by atoms with Gasteiger partial charge in [-0.3, -0.25) is 0 Å². The number of carboxylic acids is 1. The minimum absolute atomic E-state index is 0.102. The number of β-amino-alcohol motifs (C(OH)–C–C–N with tert-alkyl or cyclic N) is 1. The largest absolute Gasteiger partial charge is 0.480 e. The molecule has 0 aromatic heterocycles. The molecule has 0 bridgehead atoms. The highest BCUT2D eigenvalue weighted by Gasteiger charge is 2.40. The van der Waals surface area contributed by atoms with Crippen LogP contribution in [0.15, 0.2) is 0 Å². The highest BCUT2D eigenvalue weighted by atomic mass is 16.4. The summed E-state index contributed by atoms with van der Waals surface area (Å²) in [5, 5.41) is 21.7. The molecule has 3 N–H and O–H groups in total. The topological polar surface area (TPSA) is 93.1 Å². The van der Waals surface area contributed by atoms with E-state index in [9.17, 15) is 19.8 Å². The number of nitrogens with one attached hydrogen (secondary N) is 1. The quantitative estimate of drug-likeness (QED) is 0.658. The lowest BCUT2D eigenvalue weighted by atomic mass is 9.96. The molecule has 3 atom stereocenters. The number of aliphatic hydroxyl groups excluding tert-OH is 1. The van der Waals surface area contributed by atoms with Crippen molar-refractivity contribution in [2.45, 2.75) is 50.8 Å². The third-order valence-corrected chi connectivity index (χ3v) is 3.83. The molecule has 1 heterocycles. The molecule has 2 amide bonds. The van der Waals surface area contributed by atoms with Gasteiger partial charge >= 0.3 is 12.0 Å². The molecule has 0 saturated carbocycles. The number of hydrogen-bond acceptors (Lipinski definition) is 4. The number of nitrogens with zero attached hydrogens (tertiary/aromatic N) is 2. The summed E-state index contributed by atoms with van der Waals surface area (Å²) in [6.07, 6.45) is 0.988. The molecule has 1 aliphatic heterocycles. The van der Waals surface area contributed by atoms with Gasteiger partial charge in [0.25, 0.3) is 0 Å². The average Bonchev–Trinajstić information content (AvgIpc) is 2.69. The van der Waals surface area contributed by atoms with Gasteiger partial charge < -0.3 is 25.3 Å². The van der Waals surface area contributed by atoms with Crippen molar-refractivity contribution in [2.24, 2.45) is 0 Å². The molecular formula is C14H27N3O4. The first-order valence-corrected chi connectivity index (χ1v) is 7.34. The lowest BCUT2D eigenvalue weighted by Gasteiger charge is -2.32. The van der Waals surface area contributed by atoms with Crippen molar-refractivity contribution in [3.05, 3.63) is 0 Å². The van der Waals surface area contributed by atoms with Gasteiger partial charge in [-0.1, -0.05) is 13.3 Å². The van der Waals surface area contributed by atoms with E-state index in [1.165, 1.54) is 6.92 Å². The van der Waals surface area contributed by atoms with Gasteiger partial charge in [-0.25, -0.2) is 9.59 Å². The Morgan fingerprint density at radius 1 is 1.43 bits per heavy atom. The molecule has 1 rings (SSSR count). The maximum Gasteiger partial charge on any atom is 0.329 e. The van der Waals surface area contributed by atoms with E-state index < -0.39 is 23.6 Å². The van der Waals surface area contributed by atoms with E-state index in [1.807, 2.05) is 25.9 Å². The van der Waals surface area contributed by atoms with Crippen LogP contribution < -0.4 is 5.32 Å². The summed E-state index contributed by atoms with van der Waals surface area (Å²) in [6, 6.07) is -0.522. The lowest BCUT2D eigenvalue weighted by Crippen LogP contribution is -2.57. The van der Waals surface area contributed by atoms with Crippen LogP contribution in [0.2, 0.25) is 0 Å². The van der Waals surface area contributed by atoms with Crippen LogP contribution in [-0.4, -0.2) is 76.9 Å². The number of amides is 2. The predicted octanol–water partition coefficient (Wildman–Crippen LogP) is 0.336. The van der Waals surface area contributed by atoms with Crippen LogP contribution in [0, 0.1) is 0 Å². The molecule has 0 aromatic carbocycles. The number of likely N-dealkylation sites (tertiary alicyclic amines) is 1. The Kier molecular flexibility index (Phi) is 5.98. The Bertz CT molecular complexity index is 388. The first-order valence-electron chi connectivity index (χ1n) is 7.34. The van der Waals surface area contributed by atoms with Gasteiger partial charge in [0.05, 0.1) is 6.10 Å². The van der Waals surface area contributed by atoms with Gasteiger partial charge in [0, 0.05) is 19.1 Å². The molecule has 122 valence electrons. The standard InChI is InChI=1S/C14H27N3O4/c1-5-6-14(2,12(19)20)15-13(21)17-9-11(18)7-10(17)8-16(3)4/h10-11,18H,5-9H2,1-4H3,(H,15,21)(H,19,20). The van der Waals surface area contributed by atoms with Gasteiger partial charge in [0.1, 0.15) is 5.54 Å². The van der Waals surface area contributed by atoms with Crippen molar-refractivity contribution in [3.8, 4) is 0 Å². The van der Waals surface area contributed by atoms with Crippen LogP contribution in [0.3, 0.4) is 0 Å². The van der Waals surface area contributed by atoms with E-state index >= 15 is 0 Å². The van der Waals surface area contributed by atoms with E-state index in [0.717, 1.165) is 0 Å². The van der Waals surface area contributed by atoms with Crippen LogP contribution in [0.25, 0.3) is 0 Å². The number of likely N-dealkylation sites (N-methyl/N-ethyl adjacent to an activating group) is 1. The summed E-state index contributed by atoms with van der Waals surface area (Å²) in [5.41, 5.74) is -1.28. The van der Waals surface area contributed by atoms with Crippen LogP contribution in [0.5, 0.6) is 0 Å². The number of carbonyl (C=O) groups is 2. The van der Waals surface area contributed by atoms with Crippen molar-refractivity contribution in [3.63, 3.8) is 0 Å². The van der Waals surface area contributed by atoms with Gasteiger partial charge in [-0.2, -0.15) is 0 Å². The summed E-state index contributed by atoms with van der Waals surface area (Å²) in [6.45, 7) is 4.28.